The lowest BCUT2D eigenvalue weighted by Crippen LogP contribution is -2.48. The van der Waals surface area contributed by atoms with E-state index in [4.69, 9.17) is 9.47 Å². The monoisotopic (exact) mass is 395 g/mol. The van der Waals surface area contributed by atoms with E-state index in [0.717, 1.165) is 43.7 Å². The molecule has 1 aliphatic carbocycles. The van der Waals surface area contributed by atoms with E-state index in [2.05, 4.69) is 52.4 Å². The number of hydrogen-bond acceptors (Lipinski definition) is 3. The highest BCUT2D eigenvalue weighted by Crippen LogP contribution is 2.33. The van der Waals surface area contributed by atoms with E-state index in [1.807, 2.05) is 0 Å². The van der Waals surface area contributed by atoms with E-state index in [1.54, 1.807) is 0 Å². The average molecular weight is 396 g/mol. The molecule has 4 heteroatoms. The molecule has 2 fully saturated rings. The minimum Gasteiger partial charge on any atom is -0.381 e. The molecule has 1 heterocycles. The Morgan fingerprint density at radius 3 is 2.79 bits per heavy atom. The summed E-state index contributed by atoms with van der Waals surface area (Å²) in [5, 5.41) is 3.81. The third-order valence-electron chi connectivity index (χ3n) is 5.65. The first kappa shape index (κ1) is 18.4. The van der Waals surface area contributed by atoms with Gasteiger partial charge in [-0.15, -0.1) is 0 Å². The van der Waals surface area contributed by atoms with Gasteiger partial charge in [0.2, 0.25) is 0 Å². The van der Waals surface area contributed by atoms with Gasteiger partial charge in [0.15, 0.2) is 0 Å². The molecule has 2 atom stereocenters. The lowest BCUT2D eigenvalue weighted by Gasteiger charge is -2.39. The van der Waals surface area contributed by atoms with Crippen molar-refractivity contribution in [3.05, 3.63) is 34.3 Å². The van der Waals surface area contributed by atoms with Gasteiger partial charge in [-0.25, -0.2) is 0 Å². The van der Waals surface area contributed by atoms with Crippen LogP contribution >= 0.6 is 15.9 Å². The van der Waals surface area contributed by atoms with Gasteiger partial charge in [0.1, 0.15) is 0 Å². The molecule has 134 valence electrons. The zero-order valence-electron chi connectivity index (χ0n) is 14.7. The van der Waals surface area contributed by atoms with Gasteiger partial charge in [0.25, 0.3) is 0 Å². The largest absolute Gasteiger partial charge is 0.381 e. The first-order valence-corrected chi connectivity index (χ1v) is 10.2. The van der Waals surface area contributed by atoms with Crippen molar-refractivity contribution in [3.63, 3.8) is 0 Å². The van der Waals surface area contributed by atoms with E-state index in [0.29, 0.717) is 12.0 Å². The van der Waals surface area contributed by atoms with Crippen LogP contribution < -0.4 is 5.32 Å². The maximum atomic E-state index is 6.19. The van der Waals surface area contributed by atoms with Crippen LogP contribution in [0.3, 0.4) is 0 Å². The number of halogens is 1. The Labute approximate surface area is 154 Å². The number of rotatable bonds is 6. The zero-order chi connectivity index (χ0) is 16.8. The van der Waals surface area contributed by atoms with Crippen LogP contribution in [0.5, 0.6) is 0 Å². The fraction of sp³-hybridized carbons (Fsp3) is 0.700. The molecule has 3 rings (SSSR count). The number of benzene rings is 1. The van der Waals surface area contributed by atoms with Gasteiger partial charge in [-0.1, -0.05) is 47.8 Å². The molecule has 0 amide bonds. The van der Waals surface area contributed by atoms with Gasteiger partial charge in [-0.3, -0.25) is 0 Å². The van der Waals surface area contributed by atoms with Crippen LogP contribution in [0.1, 0.15) is 51.0 Å². The van der Waals surface area contributed by atoms with E-state index < -0.39 is 0 Å². The Balaban J connectivity index is 1.57. The minimum absolute atomic E-state index is 0.0174. The number of ether oxygens (including phenoxy) is 2. The topological polar surface area (TPSA) is 30.5 Å². The van der Waals surface area contributed by atoms with E-state index in [9.17, 15) is 0 Å². The Bertz CT molecular complexity index is 516. The summed E-state index contributed by atoms with van der Waals surface area (Å²) in [5.41, 5.74) is 1.37. The SMILES string of the molecule is CC1CCCCC1OCCNC1(c2cccc(Br)c2)CCOCC1. The lowest BCUT2D eigenvalue weighted by atomic mass is 9.82. The predicted molar refractivity (Wildman–Crippen MR) is 101 cm³/mol. The van der Waals surface area contributed by atoms with Crippen LogP contribution in [0.15, 0.2) is 28.7 Å². The van der Waals surface area contributed by atoms with Crippen LogP contribution in [0, 0.1) is 5.92 Å². The first-order chi connectivity index (χ1) is 11.7. The van der Waals surface area contributed by atoms with Crippen molar-refractivity contribution in [2.24, 2.45) is 5.92 Å². The molecule has 1 aliphatic heterocycles. The summed E-state index contributed by atoms with van der Waals surface area (Å²) in [5.74, 6) is 0.709. The van der Waals surface area contributed by atoms with Gasteiger partial charge in [0, 0.05) is 29.8 Å². The van der Waals surface area contributed by atoms with Crippen LogP contribution in [-0.2, 0) is 15.0 Å². The number of nitrogens with one attached hydrogen (secondary N) is 1. The Morgan fingerprint density at radius 2 is 2.04 bits per heavy atom. The van der Waals surface area contributed by atoms with Crippen LogP contribution in [0.4, 0.5) is 0 Å². The summed E-state index contributed by atoms with van der Waals surface area (Å²) >= 11 is 3.61. The molecule has 24 heavy (non-hydrogen) atoms. The van der Waals surface area contributed by atoms with E-state index in [-0.39, 0.29) is 5.54 Å². The van der Waals surface area contributed by atoms with Crippen molar-refractivity contribution < 1.29 is 9.47 Å². The second kappa shape index (κ2) is 8.79. The quantitative estimate of drug-likeness (QED) is 0.711. The molecule has 1 aromatic carbocycles. The third-order valence-corrected chi connectivity index (χ3v) is 6.15. The molecule has 0 aromatic heterocycles. The standard InChI is InChI=1S/C20H30BrNO2/c1-16-5-2-3-8-19(16)24-14-11-22-20(9-12-23-13-10-20)17-6-4-7-18(21)15-17/h4,6-7,15-16,19,22H,2-3,5,8-14H2,1H3. The lowest BCUT2D eigenvalue weighted by molar-refractivity contribution is -0.0115. The summed E-state index contributed by atoms with van der Waals surface area (Å²) in [6, 6.07) is 8.68. The molecular formula is C20H30BrNO2. The molecule has 1 N–H and O–H groups in total. The highest BCUT2D eigenvalue weighted by atomic mass is 79.9. The fourth-order valence-corrected chi connectivity index (χ4v) is 4.50. The predicted octanol–water partition coefficient (Wildman–Crippen LogP) is 4.64. The Morgan fingerprint density at radius 1 is 1.25 bits per heavy atom. The van der Waals surface area contributed by atoms with Crippen LogP contribution in [-0.4, -0.2) is 32.5 Å². The molecule has 0 spiro atoms. The molecule has 3 nitrogen and oxygen atoms in total. The second-order valence-electron chi connectivity index (χ2n) is 7.30. The van der Waals surface area contributed by atoms with Gasteiger partial charge in [0.05, 0.1) is 12.7 Å². The van der Waals surface area contributed by atoms with Crippen molar-refractivity contribution >= 4 is 15.9 Å². The molecular weight excluding hydrogens is 366 g/mol. The smallest absolute Gasteiger partial charge is 0.0601 e. The second-order valence-corrected chi connectivity index (χ2v) is 8.22. The summed E-state index contributed by atoms with van der Waals surface area (Å²) < 4.78 is 12.9. The van der Waals surface area contributed by atoms with Gasteiger partial charge in [-0.05, 0) is 49.3 Å². The van der Waals surface area contributed by atoms with Crippen molar-refractivity contribution in [1.29, 1.82) is 0 Å². The summed E-state index contributed by atoms with van der Waals surface area (Å²) in [4.78, 5) is 0. The molecule has 0 bridgehead atoms. The summed E-state index contributed by atoms with van der Waals surface area (Å²) in [7, 11) is 0. The summed E-state index contributed by atoms with van der Waals surface area (Å²) in [6.45, 7) is 5.67. The molecule has 2 unspecified atom stereocenters. The van der Waals surface area contributed by atoms with Gasteiger partial charge >= 0.3 is 0 Å². The number of hydrogen-bond donors (Lipinski definition) is 1. The molecule has 2 aliphatic rings. The normalized spacial score (nSPS) is 27.1. The molecule has 1 aromatic rings. The molecule has 0 radical (unpaired) electrons. The molecule has 1 saturated carbocycles. The maximum Gasteiger partial charge on any atom is 0.0601 e. The van der Waals surface area contributed by atoms with Gasteiger partial charge in [-0.2, -0.15) is 0 Å². The third kappa shape index (κ3) is 4.60. The zero-order valence-corrected chi connectivity index (χ0v) is 16.3. The van der Waals surface area contributed by atoms with Gasteiger partial charge < -0.3 is 14.8 Å². The fourth-order valence-electron chi connectivity index (χ4n) is 4.10. The highest BCUT2D eigenvalue weighted by Gasteiger charge is 2.34. The first-order valence-electron chi connectivity index (χ1n) is 9.40. The van der Waals surface area contributed by atoms with Crippen molar-refractivity contribution in [3.8, 4) is 0 Å². The van der Waals surface area contributed by atoms with Crippen molar-refractivity contribution in [1.82, 2.24) is 5.32 Å². The Kier molecular flexibility index (Phi) is 6.73. The minimum atomic E-state index is 0.0174. The van der Waals surface area contributed by atoms with Crippen molar-refractivity contribution in [2.45, 2.75) is 57.1 Å². The van der Waals surface area contributed by atoms with E-state index >= 15 is 0 Å². The average Bonchev–Trinajstić information content (AvgIpc) is 2.61. The maximum absolute atomic E-state index is 6.19. The van der Waals surface area contributed by atoms with Crippen LogP contribution in [0.25, 0.3) is 0 Å². The highest BCUT2D eigenvalue weighted by molar-refractivity contribution is 9.10. The van der Waals surface area contributed by atoms with E-state index in [1.165, 1.54) is 31.2 Å². The molecule has 1 saturated heterocycles. The van der Waals surface area contributed by atoms with Crippen molar-refractivity contribution in [2.75, 3.05) is 26.4 Å². The van der Waals surface area contributed by atoms with Crippen LogP contribution in [0.2, 0.25) is 0 Å². The Hall–Kier alpha value is -0.420. The summed E-state index contributed by atoms with van der Waals surface area (Å²) in [6.07, 6.45) is 7.72.